The minimum Gasteiger partial charge on any atom is -0.392 e. The summed E-state index contributed by atoms with van der Waals surface area (Å²) in [5, 5.41) is 9.32. The maximum Gasteiger partial charge on any atom is 0.148 e. The van der Waals surface area contributed by atoms with Gasteiger partial charge >= 0.3 is 0 Å². The number of hydrogen-bond donors (Lipinski definition) is 1. The Labute approximate surface area is 140 Å². The highest BCUT2D eigenvalue weighted by atomic mass is 16.5. The Morgan fingerprint density at radius 2 is 1.83 bits per heavy atom. The van der Waals surface area contributed by atoms with E-state index in [0.717, 1.165) is 59.8 Å². The molecule has 1 fully saturated rings. The summed E-state index contributed by atoms with van der Waals surface area (Å²) in [6.45, 7) is 3.20. The molecule has 1 saturated heterocycles. The van der Waals surface area contributed by atoms with Gasteiger partial charge in [-0.1, -0.05) is 24.3 Å². The van der Waals surface area contributed by atoms with Crippen LogP contribution in [0.25, 0.3) is 22.2 Å². The zero-order valence-corrected chi connectivity index (χ0v) is 13.4. The zero-order chi connectivity index (χ0) is 16.4. The summed E-state index contributed by atoms with van der Waals surface area (Å²) in [6, 6.07) is 14.0. The number of ether oxygens (including phenoxy) is 1. The van der Waals surface area contributed by atoms with Gasteiger partial charge in [-0.2, -0.15) is 0 Å². The van der Waals surface area contributed by atoms with E-state index in [1.54, 1.807) is 0 Å². The second-order valence-electron chi connectivity index (χ2n) is 5.89. The van der Waals surface area contributed by atoms with Crippen molar-refractivity contribution in [3.63, 3.8) is 0 Å². The van der Waals surface area contributed by atoms with Gasteiger partial charge < -0.3 is 14.7 Å². The molecule has 2 heterocycles. The molecule has 2 aromatic carbocycles. The fourth-order valence-electron chi connectivity index (χ4n) is 2.98. The van der Waals surface area contributed by atoms with Crippen LogP contribution in [-0.2, 0) is 11.3 Å². The third-order valence-corrected chi connectivity index (χ3v) is 4.31. The minimum absolute atomic E-state index is 0.0441. The van der Waals surface area contributed by atoms with E-state index in [2.05, 4.69) is 16.0 Å². The van der Waals surface area contributed by atoms with Crippen LogP contribution in [-0.4, -0.2) is 41.4 Å². The van der Waals surface area contributed by atoms with Gasteiger partial charge in [-0.25, -0.2) is 4.98 Å². The van der Waals surface area contributed by atoms with Crippen LogP contribution >= 0.6 is 0 Å². The van der Waals surface area contributed by atoms with Gasteiger partial charge in [-0.15, -0.1) is 0 Å². The first-order chi connectivity index (χ1) is 11.8. The van der Waals surface area contributed by atoms with Gasteiger partial charge in [0.15, 0.2) is 0 Å². The van der Waals surface area contributed by atoms with Crippen molar-refractivity contribution in [3.05, 3.63) is 54.2 Å². The summed E-state index contributed by atoms with van der Waals surface area (Å²) < 4.78 is 5.40. The number of benzene rings is 2. The first-order valence-electron chi connectivity index (χ1n) is 8.13. The van der Waals surface area contributed by atoms with Gasteiger partial charge in [0.1, 0.15) is 5.82 Å². The Balaban J connectivity index is 1.72. The quantitative estimate of drug-likeness (QED) is 0.803. The fourth-order valence-corrected chi connectivity index (χ4v) is 2.98. The Hall–Kier alpha value is -2.50. The highest BCUT2D eigenvalue weighted by Gasteiger charge is 2.13. The number of morpholine rings is 1. The van der Waals surface area contributed by atoms with E-state index in [1.807, 2.05) is 42.6 Å². The van der Waals surface area contributed by atoms with E-state index in [4.69, 9.17) is 9.72 Å². The lowest BCUT2D eigenvalue weighted by Gasteiger charge is -2.27. The van der Waals surface area contributed by atoms with Crippen molar-refractivity contribution >= 4 is 16.9 Å². The molecule has 5 heteroatoms. The molecule has 4 rings (SSSR count). The van der Waals surface area contributed by atoms with E-state index in [1.165, 1.54) is 0 Å². The molecule has 0 spiro atoms. The molecule has 1 N–H and O–H groups in total. The summed E-state index contributed by atoms with van der Waals surface area (Å²) >= 11 is 0. The van der Waals surface area contributed by atoms with Gasteiger partial charge in [-0.3, -0.25) is 4.98 Å². The number of aliphatic hydroxyl groups excluding tert-OH is 1. The van der Waals surface area contributed by atoms with Gasteiger partial charge in [0.2, 0.25) is 0 Å². The zero-order valence-electron chi connectivity index (χ0n) is 13.4. The van der Waals surface area contributed by atoms with Crippen LogP contribution in [0.15, 0.2) is 48.7 Å². The molecule has 0 unspecified atom stereocenters. The summed E-state index contributed by atoms with van der Waals surface area (Å²) in [5.41, 5.74) is 4.81. The summed E-state index contributed by atoms with van der Waals surface area (Å²) in [7, 11) is 0. The van der Waals surface area contributed by atoms with Crippen molar-refractivity contribution < 1.29 is 9.84 Å². The van der Waals surface area contributed by atoms with Crippen molar-refractivity contribution in [2.75, 3.05) is 31.2 Å². The van der Waals surface area contributed by atoms with Crippen LogP contribution in [0.1, 0.15) is 5.56 Å². The average Bonchev–Trinajstić information content (AvgIpc) is 2.68. The maximum atomic E-state index is 9.32. The topological polar surface area (TPSA) is 58.5 Å². The Morgan fingerprint density at radius 1 is 1.00 bits per heavy atom. The third kappa shape index (κ3) is 2.96. The molecule has 3 aromatic rings. The molecule has 1 aromatic heterocycles. The number of nitrogens with zero attached hydrogens (tertiary/aromatic N) is 3. The third-order valence-electron chi connectivity index (χ3n) is 4.31. The molecule has 0 amide bonds. The molecule has 1 aliphatic heterocycles. The van der Waals surface area contributed by atoms with Crippen LogP contribution in [0.3, 0.4) is 0 Å². The highest BCUT2D eigenvalue weighted by Crippen LogP contribution is 2.25. The Kier molecular flexibility index (Phi) is 4.11. The molecule has 1 aliphatic rings. The first kappa shape index (κ1) is 15.1. The second-order valence-corrected chi connectivity index (χ2v) is 5.89. The normalized spacial score (nSPS) is 15.0. The average molecular weight is 321 g/mol. The van der Waals surface area contributed by atoms with Gasteiger partial charge in [0, 0.05) is 13.1 Å². The predicted molar refractivity (Wildman–Crippen MR) is 93.9 cm³/mol. The standard InChI is InChI=1S/C19H19N3O2/c23-13-14-2-1-3-15(10-14)16-4-5-17-18(11-16)21-19(12-20-17)22-6-8-24-9-7-22/h1-5,10-12,23H,6-9,13H2. The Bertz CT molecular complexity index is 860. The van der Waals surface area contributed by atoms with Crippen molar-refractivity contribution in [2.24, 2.45) is 0 Å². The lowest BCUT2D eigenvalue weighted by atomic mass is 10.0. The number of fused-ring (bicyclic) bond motifs is 1. The molecule has 0 bridgehead atoms. The summed E-state index contributed by atoms with van der Waals surface area (Å²) in [5.74, 6) is 0.895. The number of rotatable bonds is 3. The number of anilines is 1. The lowest BCUT2D eigenvalue weighted by molar-refractivity contribution is 0.122. The lowest BCUT2D eigenvalue weighted by Crippen LogP contribution is -2.36. The molecule has 122 valence electrons. The van der Waals surface area contributed by atoms with Crippen LogP contribution in [0.2, 0.25) is 0 Å². The molecular formula is C19H19N3O2. The first-order valence-corrected chi connectivity index (χ1v) is 8.13. The van der Waals surface area contributed by atoms with Crippen LogP contribution < -0.4 is 4.90 Å². The highest BCUT2D eigenvalue weighted by molar-refractivity contribution is 5.82. The van der Waals surface area contributed by atoms with Crippen LogP contribution in [0, 0.1) is 0 Å². The molecule has 0 atom stereocenters. The SMILES string of the molecule is OCc1cccc(-c2ccc3ncc(N4CCOCC4)nc3c2)c1. The van der Waals surface area contributed by atoms with E-state index in [0.29, 0.717) is 0 Å². The number of hydrogen-bond acceptors (Lipinski definition) is 5. The van der Waals surface area contributed by atoms with E-state index >= 15 is 0 Å². The molecule has 0 aliphatic carbocycles. The van der Waals surface area contributed by atoms with Crippen molar-refractivity contribution in [1.82, 2.24) is 9.97 Å². The molecule has 0 saturated carbocycles. The van der Waals surface area contributed by atoms with Crippen LogP contribution in [0.4, 0.5) is 5.82 Å². The predicted octanol–water partition coefficient (Wildman–Crippen LogP) is 2.63. The molecule has 24 heavy (non-hydrogen) atoms. The summed E-state index contributed by atoms with van der Waals surface area (Å²) in [6.07, 6.45) is 1.83. The number of aromatic nitrogens is 2. The fraction of sp³-hybridized carbons (Fsp3) is 0.263. The van der Waals surface area contributed by atoms with Gasteiger partial charge in [-0.05, 0) is 34.9 Å². The molecular weight excluding hydrogens is 302 g/mol. The smallest absolute Gasteiger partial charge is 0.148 e. The monoisotopic (exact) mass is 321 g/mol. The molecule has 5 nitrogen and oxygen atoms in total. The van der Waals surface area contributed by atoms with Crippen molar-refractivity contribution in [1.29, 1.82) is 0 Å². The second kappa shape index (κ2) is 6.55. The summed E-state index contributed by atoms with van der Waals surface area (Å²) in [4.78, 5) is 11.5. The van der Waals surface area contributed by atoms with Gasteiger partial charge in [0.05, 0.1) is 37.1 Å². The van der Waals surface area contributed by atoms with Crippen molar-refractivity contribution in [3.8, 4) is 11.1 Å². The molecule has 0 radical (unpaired) electrons. The van der Waals surface area contributed by atoms with E-state index in [-0.39, 0.29) is 6.61 Å². The van der Waals surface area contributed by atoms with E-state index in [9.17, 15) is 5.11 Å². The Morgan fingerprint density at radius 3 is 2.67 bits per heavy atom. The minimum atomic E-state index is 0.0441. The largest absolute Gasteiger partial charge is 0.392 e. The van der Waals surface area contributed by atoms with E-state index < -0.39 is 0 Å². The number of aliphatic hydroxyl groups is 1. The van der Waals surface area contributed by atoms with Crippen LogP contribution in [0.5, 0.6) is 0 Å². The van der Waals surface area contributed by atoms with Gasteiger partial charge in [0.25, 0.3) is 0 Å². The van der Waals surface area contributed by atoms with Crippen molar-refractivity contribution in [2.45, 2.75) is 6.61 Å². The maximum absolute atomic E-state index is 9.32.